The summed E-state index contributed by atoms with van der Waals surface area (Å²) in [6.07, 6.45) is 0. The quantitative estimate of drug-likeness (QED) is 0.865. The molecule has 0 spiro atoms. The minimum absolute atomic E-state index is 0.0366. The van der Waals surface area contributed by atoms with Crippen LogP contribution in [0.5, 0.6) is 5.75 Å². The molecule has 4 nitrogen and oxygen atoms in total. The van der Waals surface area contributed by atoms with E-state index in [2.05, 4.69) is 10.2 Å². The summed E-state index contributed by atoms with van der Waals surface area (Å²) < 4.78 is 5.14. The van der Waals surface area contributed by atoms with Crippen molar-refractivity contribution in [2.45, 2.75) is 6.04 Å². The third-order valence-electron chi connectivity index (χ3n) is 3.33. The van der Waals surface area contributed by atoms with Crippen LogP contribution in [0, 0.1) is 0 Å². The van der Waals surface area contributed by atoms with Crippen molar-refractivity contribution in [2.75, 3.05) is 39.9 Å². The second kappa shape index (κ2) is 6.38. The van der Waals surface area contributed by atoms with E-state index < -0.39 is 0 Å². The van der Waals surface area contributed by atoms with Gasteiger partial charge >= 0.3 is 0 Å². The second-order valence-electron chi connectivity index (χ2n) is 4.37. The van der Waals surface area contributed by atoms with Crippen molar-refractivity contribution in [2.24, 2.45) is 0 Å². The van der Waals surface area contributed by atoms with Gasteiger partial charge in [0.25, 0.3) is 0 Å². The highest BCUT2D eigenvalue weighted by molar-refractivity contribution is 6.31. The fourth-order valence-electron chi connectivity index (χ4n) is 2.31. The minimum Gasteiger partial charge on any atom is -0.497 e. The van der Waals surface area contributed by atoms with Crippen LogP contribution in [-0.4, -0.2) is 49.9 Å². The van der Waals surface area contributed by atoms with E-state index in [-0.39, 0.29) is 12.6 Å². The number of halogens is 1. The summed E-state index contributed by atoms with van der Waals surface area (Å²) in [5, 5.41) is 13.6. The third kappa shape index (κ3) is 2.95. The average molecular weight is 271 g/mol. The van der Waals surface area contributed by atoms with Crippen LogP contribution in [0.25, 0.3) is 0 Å². The molecule has 100 valence electrons. The van der Waals surface area contributed by atoms with Crippen molar-refractivity contribution in [3.63, 3.8) is 0 Å². The van der Waals surface area contributed by atoms with Gasteiger partial charge in [-0.25, -0.2) is 0 Å². The smallest absolute Gasteiger partial charge is 0.120 e. The Morgan fingerprint density at radius 2 is 2.17 bits per heavy atom. The normalized spacial score (nSPS) is 18.6. The van der Waals surface area contributed by atoms with Gasteiger partial charge in [-0.3, -0.25) is 4.90 Å². The summed E-state index contributed by atoms with van der Waals surface area (Å²) >= 11 is 6.27. The highest BCUT2D eigenvalue weighted by atomic mass is 35.5. The van der Waals surface area contributed by atoms with Crippen LogP contribution in [0.4, 0.5) is 0 Å². The standard InChI is InChI=1S/C13H19ClN2O2/c1-18-10-2-3-11(12(14)8-10)13(9-17)16-6-4-15-5-7-16/h2-3,8,13,15,17H,4-7,9H2,1H3. The molecule has 0 saturated carbocycles. The number of hydrogen-bond acceptors (Lipinski definition) is 4. The van der Waals surface area contributed by atoms with Gasteiger partial charge in [0.05, 0.1) is 19.8 Å². The first kappa shape index (κ1) is 13.6. The molecule has 0 aromatic heterocycles. The van der Waals surface area contributed by atoms with E-state index >= 15 is 0 Å². The zero-order valence-corrected chi connectivity index (χ0v) is 11.3. The Balaban J connectivity index is 2.20. The molecule has 1 heterocycles. The molecule has 1 aromatic carbocycles. The molecule has 5 heteroatoms. The van der Waals surface area contributed by atoms with E-state index in [0.717, 1.165) is 37.5 Å². The SMILES string of the molecule is COc1ccc(C(CO)N2CCNCC2)c(Cl)c1. The lowest BCUT2D eigenvalue weighted by molar-refractivity contribution is 0.111. The predicted octanol–water partition coefficient (Wildman–Crippen LogP) is 1.29. The molecule has 1 atom stereocenters. The van der Waals surface area contributed by atoms with Crippen LogP contribution < -0.4 is 10.1 Å². The number of aliphatic hydroxyl groups is 1. The predicted molar refractivity (Wildman–Crippen MR) is 72.3 cm³/mol. The van der Waals surface area contributed by atoms with Gasteiger partial charge in [-0.1, -0.05) is 17.7 Å². The summed E-state index contributed by atoms with van der Waals surface area (Å²) in [6, 6.07) is 5.57. The van der Waals surface area contributed by atoms with Crippen LogP contribution in [0.15, 0.2) is 18.2 Å². The van der Waals surface area contributed by atoms with Crippen LogP contribution in [0.3, 0.4) is 0 Å². The maximum Gasteiger partial charge on any atom is 0.120 e. The number of methoxy groups -OCH3 is 1. The van der Waals surface area contributed by atoms with Crippen molar-refractivity contribution < 1.29 is 9.84 Å². The molecule has 1 aromatic rings. The maximum absolute atomic E-state index is 9.63. The van der Waals surface area contributed by atoms with Crippen molar-refractivity contribution in [1.29, 1.82) is 0 Å². The number of piperazine rings is 1. The van der Waals surface area contributed by atoms with E-state index in [1.54, 1.807) is 13.2 Å². The van der Waals surface area contributed by atoms with Gasteiger partial charge in [-0.05, 0) is 17.7 Å². The van der Waals surface area contributed by atoms with Crippen molar-refractivity contribution in [3.05, 3.63) is 28.8 Å². The molecule has 18 heavy (non-hydrogen) atoms. The molecule has 1 aliphatic rings. The summed E-state index contributed by atoms with van der Waals surface area (Å²) in [7, 11) is 1.62. The second-order valence-corrected chi connectivity index (χ2v) is 4.78. The first-order valence-electron chi connectivity index (χ1n) is 6.15. The van der Waals surface area contributed by atoms with Crippen molar-refractivity contribution in [3.8, 4) is 5.75 Å². The minimum atomic E-state index is -0.0366. The van der Waals surface area contributed by atoms with Crippen LogP contribution in [-0.2, 0) is 0 Å². The summed E-state index contributed by atoms with van der Waals surface area (Å²) in [4.78, 5) is 2.25. The van der Waals surface area contributed by atoms with Gasteiger partial charge in [-0.2, -0.15) is 0 Å². The average Bonchev–Trinajstić information content (AvgIpc) is 2.42. The van der Waals surface area contributed by atoms with Crippen molar-refractivity contribution >= 4 is 11.6 Å². The van der Waals surface area contributed by atoms with E-state index in [1.807, 2.05) is 12.1 Å². The zero-order valence-electron chi connectivity index (χ0n) is 10.5. The number of ether oxygens (including phenoxy) is 1. The number of benzene rings is 1. The van der Waals surface area contributed by atoms with E-state index in [1.165, 1.54) is 0 Å². The molecule has 1 unspecified atom stereocenters. The fourth-order valence-corrected chi connectivity index (χ4v) is 2.61. The number of nitrogens with zero attached hydrogens (tertiary/aromatic N) is 1. The Bertz CT molecular complexity index is 395. The molecule has 1 aliphatic heterocycles. The Morgan fingerprint density at radius 1 is 1.44 bits per heavy atom. The van der Waals surface area contributed by atoms with Gasteiger partial charge in [0.2, 0.25) is 0 Å². The summed E-state index contributed by atoms with van der Waals surface area (Å²) in [5.41, 5.74) is 0.960. The van der Waals surface area contributed by atoms with E-state index in [9.17, 15) is 5.11 Å². The molecular formula is C13H19ClN2O2. The van der Waals surface area contributed by atoms with Crippen LogP contribution in [0.1, 0.15) is 11.6 Å². The molecule has 0 aliphatic carbocycles. The largest absolute Gasteiger partial charge is 0.497 e. The molecule has 2 N–H and O–H groups in total. The Labute approximate surface area is 113 Å². The number of hydrogen-bond donors (Lipinski definition) is 2. The van der Waals surface area contributed by atoms with Gasteiger partial charge in [0.1, 0.15) is 5.75 Å². The number of nitrogens with one attached hydrogen (secondary N) is 1. The third-order valence-corrected chi connectivity index (χ3v) is 3.66. The van der Waals surface area contributed by atoms with E-state index in [0.29, 0.717) is 5.02 Å². The lowest BCUT2D eigenvalue weighted by Crippen LogP contribution is -2.46. The number of aliphatic hydroxyl groups excluding tert-OH is 1. The first-order valence-corrected chi connectivity index (χ1v) is 6.53. The zero-order chi connectivity index (χ0) is 13.0. The highest BCUT2D eigenvalue weighted by Crippen LogP contribution is 2.30. The lowest BCUT2D eigenvalue weighted by atomic mass is 10.0. The molecule has 1 fully saturated rings. The number of rotatable bonds is 4. The van der Waals surface area contributed by atoms with E-state index in [4.69, 9.17) is 16.3 Å². The fraction of sp³-hybridized carbons (Fsp3) is 0.538. The molecule has 0 bridgehead atoms. The Kier molecular flexibility index (Phi) is 4.83. The molecule has 1 saturated heterocycles. The maximum atomic E-state index is 9.63. The van der Waals surface area contributed by atoms with Gasteiger partial charge in [0, 0.05) is 31.2 Å². The highest BCUT2D eigenvalue weighted by Gasteiger charge is 2.23. The lowest BCUT2D eigenvalue weighted by Gasteiger charge is -2.34. The Morgan fingerprint density at radius 3 is 2.72 bits per heavy atom. The Hall–Kier alpha value is -0.810. The van der Waals surface area contributed by atoms with Crippen molar-refractivity contribution in [1.82, 2.24) is 10.2 Å². The monoisotopic (exact) mass is 270 g/mol. The first-order chi connectivity index (χ1) is 8.76. The summed E-state index contributed by atoms with van der Waals surface area (Å²) in [5.74, 6) is 0.737. The molecule has 2 rings (SSSR count). The van der Waals surface area contributed by atoms with Gasteiger partial charge < -0.3 is 15.2 Å². The molecule has 0 radical (unpaired) electrons. The topological polar surface area (TPSA) is 44.7 Å². The van der Waals surface area contributed by atoms with Gasteiger partial charge in [0.15, 0.2) is 0 Å². The summed E-state index contributed by atoms with van der Waals surface area (Å²) in [6.45, 7) is 3.82. The van der Waals surface area contributed by atoms with Crippen LogP contribution >= 0.6 is 11.6 Å². The van der Waals surface area contributed by atoms with Crippen LogP contribution in [0.2, 0.25) is 5.02 Å². The molecular weight excluding hydrogens is 252 g/mol. The van der Waals surface area contributed by atoms with Gasteiger partial charge in [-0.15, -0.1) is 0 Å². The molecule has 0 amide bonds.